The van der Waals surface area contributed by atoms with Crippen molar-refractivity contribution < 1.29 is 4.57 Å². The summed E-state index contributed by atoms with van der Waals surface area (Å²) in [6, 6.07) is 16.6. The molecule has 0 aliphatic rings. The van der Waals surface area contributed by atoms with Gasteiger partial charge in [0.2, 0.25) is 5.69 Å². The number of hydrogen-bond acceptors (Lipinski definition) is 0. The van der Waals surface area contributed by atoms with Gasteiger partial charge in [-0.25, -0.2) is 4.57 Å². The second-order valence-electron chi connectivity index (χ2n) is 13.0. The van der Waals surface area contributed by atoms with E-state index >= 15 is 0 Å². The SMILES string of the molecule is Cc1ccc(C(C)(C)C)cc1-c1c2ccc([Si](C)(C(C)(C)C)C(C)(C)C)cc2cc[n+]1C. The lowest BCUT2D eigenvalue weighted by molar-refractivity contribution is -0.659. The zero-order valence-electron chi connectivity index (χ0n) is 22.6. The van der Waals surface area contributed by atoms with Crippen LogP contribution in [0.25, 0.3) is 22.0 Å². The van der Waals surface area contributed by atoms with Gasteiger partial charge in [0.05, 0.1) is 13.5 Å². The van der Waals surface area contributed by atoms with Crippen LogP contribution in [0.1, 0.15) is 73.4 Å². The lowest BCUT2D eigenvalue weighted by Crippen LogP contribution is -2.58. The number of hydrogen-bond donors (Lipinski definition) is 0. The number of nitrogens with zero attached hydrogens (tertiary/aromatic N) is 1. The third kappa shape index (κ3) is 4.07. The molecule has 0 radical (unpaired) electrons. The Morgan fingerprint density at radius 2 is 1.34 bits per heavy atom. The number of pyridine rings is 1. The highest BCUT2D eigenvalue weighted by Gasteiger charge is 2.50. The zero-order chi connectivity index (χ0) is 24.3. The Bertz CT molecular complexity index is 1140. The first-order chi connectivity index (χ1) is 14.5. The van der Waals surface area contributed by atoms with Crippen molar-refractivity contribution in [2.75, 3.05) is 0 Å². The fourth-order valence-electron chi connectivity index (χ4n) is 5.35. The number of fused-ring (bicyclic) bond motifs is 1. The molecule has 0 saturated heterocycles. The summed E-state index contributed by atoms with van der Waals surface area (Å²) in [5, 5.41) is 4.80. The fraction of sp³-hybridized carbons (Fsp3) is 0.500. The van der Waals surface area contributed by atoms with Gasteiger partial charge in [-0.1, -0.05) is 98.3 Å². The van der Waals surface area contributed by atoms with Gasteiger partial charge >= 0.3 is 0 Å². The summed E-state index contributed by atoms with van der Waals surface area (Å²) in [6.45, 7) is 26.3. The number of aryl methyl sites for hydroxylation is 2. The molecule has 0 amide bonds. The van der Waals surface area contributed by atoms with Gasteiger partial charge in [-0.3, -0.25) is 0 Å². The van der Waals surface area contributed by atoms with Crippen LogP contribution in [0.4, 0.5) is 0 Å². The van der Waals surface area contributed by atoms with E-state index in [1.807, 2.05) is 0 Å². The highest BCUT2D eigenvalue weighted by molar-refractivity contribution is 6.95. The highest BCUT2D eigenvalue weighted by atomic mass is 28.3. The Morgan fingerprint density at radius 3 is 1.88 bits per heavy atom. The molecule has 0 saturated carbocycles. The Kier molecular flexibility index (Phi) is 6.05. The standard InChI is InChI=1S/C30H44NSi/c1-21-13-14-23(28(2,3)4)20-26(21)27-25-16-15-24(19-22(25)17-18-31(27)11)32(12,29(5,6)7)30(8,9)10/h13-20H,1-12H3/q+1. The third-order valence-corrected chi connectivity index (χ3v) is 15.5. The number of aromatic nitrogens is 1. The fourth-order valence-corrected chi connectivity index (χ4v) is 10.2. The van der Waals surface area contributed by atoms with Crippen LogP contribution >= 0.6 is 0 Å². The smallest absolute Gasteiger partial charge is 0.200 e. The first-order valence-electron chi connectivity index (χ1n) is 12.0. The Labute approximate surface area is 197 Å². The predicted molar refractivity (Wildman–Crippen MR) is 145 cm³/mol. The van der Waals surface area contributed by atoms with E-state index in [9.17, 15) is 0 Å². The summed E-state index contributed by atoms with van der Waals surface area (Å²) >= 11 is 0. The first-order valence-corrected chi connectivity index (χ1v) is 14.5. The van der Waals surface area contributed by atoms with Crippen LogP contribution < -0.4 is 9.75 Å². The zero-order valence-corrected chi connectivity index (χ0v) is 23.6. The van der Waals surface area contributed by atoms with Crippen LogP contribution in [-0.2, 0) is 12.5 Å². The minimum absolute atomic E-state index is 0.131. The molecule has 3 aromatic rings. The monoisotopic (exact) mass is 446 g/mol. The van der Waals surface area contributed by atoms with Crippen molar-refractivity contribution in [2.24, 2.45) is 7.05 Å². The van der Waals surface area contributed by atoms with Gasteiger partial charge in [0.25, 0.3) is 0 Å². The first kappa shape index (κ1) is 24.7. The van der Waals surface area contributed by atoms with Crippen LogP contribution in [0.5, 0.6) is 0 Å². The molecule has 0 aliphatic heterocycles. The average Bonchev–Trinajstić information content (AvgIpc) is 2.65. The quantitative estimate of drug-likeness (QED) is 0.279. The van der Waals surface area contributed by atoms with Crippen molar-refractivity contribution in [1.29, 1.82) is 0 Å². The minimum Gasteiger partial charge on any atom is -0.200 e. The van der Waals surface area contributed by atoms with Crippen LogP contribution in [0.15, 0.2) is 48.7 Å². The molecule has 0 fully saturated rings. The van der Waals surface area contributed by atoms with Gasteiger partial charge < -0.3 is 0 Å². The van der Waals surface area contributed by atoms with E-state index in [0.29, 0.717) is 0 Å². The minimum atomic E-state index is -1.81. The van der Waals surface area contributed by atoms with Crippen molar-refractivity contribution in [3.63, 3.8) is 0 Å². The van der Waals surface area contributed by atoms with E-state index in [-0.39, 0.29) is 15.5 Å². The second kappa shape index (κ2) is 7.83. The van der Waals surface area contributed by atoms with Crippen molar-refractivity contribution in [3.8, 4) is 11.3 Å². The molecule has 2 heteroatoms. The summed E-state index contributed by atoms with van der Waals surface area (Å²) in [6.07, 6.45) is 2.23. The summed E-state index contributed by atoms with van der Waals surface area (Å²) in [5.41, 5.74) is 5.49. The molecule has 0 bridgehead atoms. The molecule has 1 heterocycles. The molecule has 3 rings (SSSR count). The molecule has 32 heavy (non-hydrogen) atoms. The number of rotatable bonds is 2. The average molecular weight is 447 g/mol. The van der Waals surface area contributed by atoms with Crippen LogP contribution in [0.2, 0.25) is 16.6 Å². The molecule has 0 atom stereocenters. The molecule has 0 spiro atoms. The molecule has 0 N–H and O–H groups in total. The van der Waals surface area contributed by atoms with Gasteiger partial charge in [0.15, 0.2) is 6.20 Å². The molecule has 1 aromatic heterocycles. The topological polar surface area (TPSA) is 3.88 Å². The normalized spacial score (nSPS) is 13.6. The van der Waals surface area contributed by atoms with Gasteiger partial charge in [-0.05, 0) is 51.1 Å². The molecule has 2 aromatic carbocycles. The van der Waals surface area contributed by atoms with Crippen molar-refractivity contribution in [1.82, 2.24) is 0 Å². The third-order valence-electron chi connectivity index (χ3n) is 8.07. The Balaban J connectivity index is 2.31. The maximum atomic E-state index is 2.58. The molecule has 1 nitrogen and oxygen atoms in total. The van der Waals surface area contributed by atoms with Crippen molar-refractivity contribution >= 4 is 24.0 Å². The van der Waals surface area contributed by atoms with E-state index in [2.05, 4.69) is 136 Å². The molecule has 172 valence electrons. The lowest BCUT2D eigenvalue weighted by atomic mass is 9.84. The molecule has 0 unspecified atom stereocenters. The van der Waals surface area contributed by atoms with E-state index < -0.39 is 8.07 Å². The number of benzene rings is 2. The largest absolute Gasteiger partial charge is 0.220 e. The van der Waals surface area contributed by atoms with E-state index in [4.69, 9.17) is 0 Å². The summed E-state index contributed by atoms with van der Waals surface area (Å²) in [5.74, 6) is 0. The Morgan fingerprint density at radius 1 is 0.750 bits per heavy atom. The Hall–Kier alpha value is -1.93. The summed E-state index contributed by atoms with van der Waals surface area (Å²) in [4.78, 5) is 0. The maximum absolute atomic E-state index is 2.58. The molecule has 0 aliphatic carbocycles. The summed E-state index contributed by atoms with van der Waals surface area (Å²) < 4.78 is 2.29. The maximum Gasteiger partial charge on any atom is 0.220 e. The molecular formula is C30H44NSi+. The van der Waals surface area contributed by atoms with Crippen LogP contribution in [0.3, 0.4) is 0 Å². The lowest BCUT2D eigenvalue weighted by Gasteiger charge is -2.50. The van der Waals surface area contributed by atoms with Gasteiger partial charge in [0, 0.05) is 11.6 Å². The van der Waals surface area contributed by atoms with Gasteiger partial charge in [0.1, 0.15) is 7.05 Å². The van der Waals surface area contributed by atoms with E-state index in [1.54, 1.807) is 5.19 Å². The van der Waals surface area contributed by atoms with Crippen molar-refractivity contribution in [2.45, 2.75) is 91.3 Å². The van der Waals surface area contributed by atoms with Crippen LogP contribution in [-0.4, -0.2) is 8.07 Å². The highest BCUT2D eigenvalue weighted by Crippen LogP contribution is 2.50. The van der Waals surface area contributed by atoms with E-state index in [1.165, 1.54) is 33.2 Å². The van der Waals surface area contributed by atoms with Gasteiger partial charge in [-0.15, -0.1) is 0 Å². The van der Waals surface area contributed by atoms with Crippen LogP contribution in [0, 0.1) is 6.92 Å². The predicted octanol–water partition coefficient (Wildman–Crippen LogP) is 7.82. The summed E-state index contributed by atoms with van der Waals surface area (Å²) in [7, 11) is 0.368. The molecular weight excluding hydrogens is 402 g/mol. The second-order valence-corrected chi connectivity index (χ2v) is 18.8. The van der Waals surface area contributed by atoms with E-state index in [0.717, 1.165) is 0 Å². The van der Waals surface area contributed by atoms with Gasteiger partial charge in [-0.2, -0.15) is 0 Å². The van der Waals surface area contributed by atoms with Crippen molar-refractivity contribution in [3.05, 3.63) is 59.8 Å².